The van der Waals surface area contributed by atoms with Crippen LogP contribution in [0.1, 0.15) is 47.0 Å². The van der Waals surface area contributed by atoms with Crippen molar-refractivity contribution in [3.8, 4) is 5.88 Å². The summed E-state index contributed by atoms with van der Waals surface area (Å²) in [6.45, 7) is 10.5. The van der Waals surface area contributed by atoms with Crippen molar-refractivity contribution in [2.75, 3.05) is 23.8 Å². The van der Waals surface area contributed by atoms with Crippen LogP contribution >= 0.6 is 0 Å². The highest BCUT2D eigenvalue weighted by atomic mass is 16.5. The van der Waals surface area contributed by atoms with Crippen LogP contribution in [0, 0.1) is 11.8 Å². The Hall–Kier alpha value is -1.45. The minimum absolute atomic E-state index is 0.468. The van der Waals surface area contributed by atoms with Crippen LogP contribution in [-0.2, 0) is 0 Å². The fourth-order valence-corrected chi connectivity index (χ4v) is 2.23. The van der Waals surface area contributed by atoms with Gasteiger partial charge in [0.25, 0.3) is 0 Å². The summed E-state index contributed by atoms with van der Waals surface area (Å²) in [6.07, 6.45) is 3.73. The van der Waals surface area contributed by atoms with Crippen LogP contribution < -0.4 is 15.4 Å². The first-order valence-corrected chi connectivity index (χ1v) is 8.13. The minimum atomic E-state index is 0.468. The number of rotatable bonds is 8. The Balaban J connectivity index is 2.10. The van der Waals surface area contributed by atoms with Crippen LogP contribution in [0.15, 0.2) is 12.1 Å². The van der Waals surface area contributed by atoms with Crippen molar-refractivity contribution in [3.05, 3.63) is 12.1 Å². The lowest BCUT2D eigenvalue weighted by Gasteiger charge is -2.25. The topological polar surface area (TPSA) is 51.4 Å². The Morgan fingerprint density at radius 3 is 2.52 bits per heavy atom. The molecule has 0 spiro atoms. The van der Waals surface area contributed by atoms with Gasteiger partial charge in [-0.05, 0) is 43.2 Å². The molecule has 0 aliphatic heterocycles. The van der Waals surface area contributed by atoms with Crippen molar-refractivity contribution < 1.29 is 4.74 Å². The molecule has 1 aliphatic carbocycles. The van der Waals surface area contributed by atoms with E-state index in [1.165, 1.54) is 19.3 Å². The first-order chi connectivity index (χ1) is 9.97. The van der Waals surface area contributed by atoms with Gasteiger partial charge < -0.3 is 15.4 Å². The number of nitrogen functional groups attached to an aromatic ring is 1. The quantitative estimate of drug-likeness (QED) is 0.793. The van der Waals surface area contributed by atoms with Crippen molar-refractivity contribution in [1.29, 1.82) is 0 Å². The lowest BCUT2D eigenvalue weighted by atomic mass is 10.1. The van der Waals surface area contributed by atoms with E-state index >= 15 is 0 Å². The number of hydrogen-bond acceptors (Lipinski definition) is 4. The van der Waals surface area contributed by atoms with E-state index in [2.05, 4.69) is 37.6 Å². The van der Waals surface area contributed by atoms with E-state index in [0.29, 0.717) is 36.1 Å². The molecule has 2 rings (SSSR count). The summed E-state index contributed by atoms with van der Waals surface area (Å²) in [6, 6.07) is 4.59. The molecule has 0 atom stereocenters. The molecule has 4 nitrogen and oxygen atoms in total. The molecule has 4 heteroatoms. The van der Waals surface area contributed by atoms with E-state index in [4.69, 9.17) is 10.5 Å². The molecule has 1 heterocycles. The highest BCUT2D eigenvalue weighted by molar-refractivity contribution is 5.55. The number of ether oxygens (including phenoxy) is 1. The molecule has 1 fully saturated rings. The fourth-order valence-electron chi connectivity index (χ4n) is 2.23. The van der Waals surface area contributed by atoms with Crippen molar-refractivity contribution in [2.24, 2.45) is 11.8 Å². The van der Waals surface area contributed by atoms with Crippen LogP contribution in [0.25, 0.3) is 0 Å². The van der Waals surface area contributed by atoms with Gasteiger partial charge in [-0.1, -0.05) is 27.7 Å². The van der Waals surface area contributed by atoms with Crippen LogP contribution in [-0.4, -0.2) is 24.2 Å². The summed E-state index contributed by atoms with van der Waals surface area (Å²) in [5.74, 6) is 2.76. The number of anilines is 2. The normalized spacial score (nSPS) is 14.8. The number of hydrogen-bond donors (Lipinski definition) is 1. The largest absolute Gasteiger partial charge is 0.476 e. The number of pyridine rings is 1. The van der Waals surface area contributed by atoms with Crippen molar-refractivity contribution in [3.63, 3.8) is 0 Å². The Bertz CT molecular complexity index is 455. The fraction of sp³-hybridized carbons (Fsp3) is 0.706. The Labute approximate surface area is 128 Å². The van der Waals surface area contributed by atoms with Gasteiger partial charge in [0, 0.05) is 12.6 Å². The maximum absolute atomic E-state index is 5.98. The van der Waals surface area contributed by atoms with Gasteiger partial charge in [0.2, 0.25) is 5.88 Å². The van der Waals surface area contributed by atoms with Crippen molar-refractivity contribution in [1.82, 2.24) is 4.98 Å². The summed E-state index contributed by atoms with van der Waals surface area (Å²) < 4.78 is 5.75. The number of nitrogens with zero attached hydrogens (tertiary/aromatic N) is 2. The molecule has 21 heavy (non-hydrogen) atoms. The molecule has 0 bridgehead atoms. The van der Waals surface area contributed by atoms with Crippen LogP contribution in [0.4, 0.5) is 11.5 Å². The number of nitrogens with two attached hydrogens (primary N) is 1. The van der Waals surface area contributed by atoms with E-state index in [1.54, 1.807) is 0 Å². The lowest BCUT2D eigenvalue weighted by Crippen LogP contribution is -2.28. The Kier molecular flexibility index (Phi) is 5.32. The van der Waals surface area contributed by atoms with Crippen LogP contribution in [0.5, 0.6) is 5.88 Å². The average molecular weight is 291 g/mol. The lowest BCUT2D eigenvalue weighted by molar-refractivity contribution is 0.263. The predicted molar refractivity (Wildman–Crippen MR) is 88.8 cm³/mol. The molecule has 118 valence electrons. The maximum atomic E-state index is 5.98. The molecule has 2 N–H and O–H groups in total. The summed E-state index contributed by atoms with van der Waals surface area (Å²) in [5.41, 5.74) is 6.61. The summed E-state index contributed by atoms with van der Waals surface area (Å²) in [7, 11) is 0. The minimum Gasteiger partial charge on any atom is -0.476 e. The SMILES string of the molecule is CC(C)CCN(c1ccc(N)c(OCC(C)C)n1)C1CC1. The zero-order valence-electron chi connectivity index (χ0n) is 13.8. The first-order valence-electron chi connectivity index (χ1n) is 8.13. The molecular formula is C17H29N3O. The smallest absolute Gasteiger partial charge is 0.239 e. The summed E-state index contributed by atoms with van der Waals surface area (Å²) in [4.78, 5) is 7.08. The van der Waals surface area contributed by atoms with Gasteiger partial charge in [0.1, 0.15) is 5.82 Å². The molecule has 0 amide bonds. The van der Waals surface area contributed by atoms with E-state index in [-0.39, 0.29) is 0 Å². The molecule has 1 aliphatic rings. The first kappa shape index (κ1) is 15.9. The van der Waals surface area contributed by atoms with Gasteiger partial charge in [-0.2, -0.15) is 4.98 Å². The third-order valence-corrected chi connectivity index (χ3v) is 3.66. The average Bonchev–Trinajstić information content (AvgIpc) is 3.23. The zero-order valence-corrected chi connectivity index (χ0v) is 13.8. The molecule has 1 aromatic rings. The van der Waals surface area contributed by atoms with Gasteiger partial charge in [0.05, 0.1) is 12.3 Å². The predicted octanol–water partition coefficient (Wildman–Crippen LogP) is 3.71. The standard InChI is InChI=1S/C17H29N3O/c1-12(2)9-10-20(14-5-6-14)16-8-7-15(18)17(19-16)21-11-13(3)4/h7-8,12-14H,5-6,9-11,18H2,1-4H3. The second-order valence-corrected chi connectivity index (χ2v) is 6.88. The van der Waals surface area contributed by atoms with Gasteiger partial charge >= 0.3 is 0 Å². The van der Waals surface area contributed by atoms with Crippen molar-refractivity contribution >= 4 is 11.5 Å². The van der Waals surface area contributed by atoms with Gasteiger partial charge in [-0.3, -0.25) is 0 Å². The maximum Gasteiger partial charge on any atom is 0.239 e. The summed E-state index contributed by atoms with van der Waals surface area (Å²) >= 11 is 0. The monoisotopic (exact) mass is 291 g/mol. The van der Waals surface area contributed by atoms with E-state index in [1.807, 2.05) is 12.1 Å². The second-order valence-electron chi connectivity index (χ2n) is 6.88. The molecule has 1 aromatic heterocycles. The third kappa shape index (κ3) is 4.80. The molecule has 1 saturated carbocycles. The van der Waals surface area contributed by atoms with E-state index in [0.717, 1.165) is 12.4 Å². The highest BCUT2D eigenvalue weighted by Crippen LogP contribution is 2.33. The van der Waals surface area contributed by atoms with Gasteiger partial charge in [-0.25, -0.2) is 0 Å². The molecular weight excluding hydrogens is 262 g/mol. The van der Waals surface area contributed by atoms with Crippen LogP contribution in [0.3, 0.4) is 0 Å². The molecule has 0 radical (unpaired) electrons. The molecule has 0 saturated heterocycles. The highest BCUT2D eigenvalue weighted by Gasteiger charge is 2.30. The van der Waals surface area contributed by atoms with Gasteiger partial charge in [0.15, 0.2) is 0 Å². The molecule has 0 aromatic carbocycles. The van der Waals surface area contributed by atoms with Gasteiger partial charge in [-0.15, -0.1) is 0 Å². The summed E-state index contributed by atoms with van der Waals surface area (Å²) in [5, 5.41) is 0. The van der Waals surface area contributed by atoms with Crippen LogP contribution in [0.2, 0.25) is 0 Å². The van der Waals surface area contributed by atoms with Crippen molar-refractivity contribution in [2.45, 2.75) is 53.0 Å². The Morgan fingerprint density at radius 1 is 1.24 bits per heavy atom. The third-order valence-electron chi connectivity index (χ3n) is 3.66. The molecule has 0 unspecified atom stereocenters. The van der Waals surface area contributed by atoms with E-state index < -0.39 is 0 Å². The number of aromatic nitrogens is 1. The van der Waals surface area contributed by atoms with E-state index in [9.17, 15) is 0 Å². The zero-order chi connectivity index (χ0) is 15.4. The Morgan fingerprint density at radius 2 is 1.95 bits per heavy atom. The second kappa shape index (κ2) is 7.01.